The fourth-order valence-electron chi connectivity index (χ4n) is 3.08. The number of hydrogen-bond acceptors (Lipinski definition) is 4. The van der Waals surface area contributed by atoms with E-state index in [0.717, 1.165) is 6.42 Å². The van der Waals surface area contributed by atoms with E-state index in [1.165, 1.54) is 5.57 Å². The molecule has 1 heterocycles. The second kappa shape index (κ2) is 6.55. The van der Waals surface area contributed by atoms with E-state index < -0.39 is 12.2 Å². The van der Waals surface area contributed by atoms with Gasteiger partial charge in [0.1, 0.15) is 6.10 Å². The number of fused-ring (bicyclic) bond motifs is 1. The van der Waals surface area contributed by atoms with Crippen LogP contribution < -0.4 is 0 Å². The minimum atomic E-state index is -0.505. The third-order valence-corrected chi connectivity index (χ3v) is 4.15. The van der Waals surface area contributed by atoms with Crippen molar-refractivity contribution in [1.29, 1.82) is 0 Å². The zero-order valence-electron chi connectivity index (χ0n) is 12.2. The van der Waals surface area contributed by atoms with Crippen molar-refractivity contribution in [1.82, 2.24) is 0 Å². The van der Waals surface area contributed by atoms with Gasteiger partial charge in [0.2, 0.25) is 0 Å². The molecule has 1 aliphatic heterocycles. The Morgan fingerprint density at radius 3 is 2.95 bits per heavy atom. The average Bonchev–Trinajstić information content (AvgIpc) is 2.81. The Balaban J connectivity index is 1.86. The van der Waals surface area contributed by atoms with Crippen LogP contribution in [0.2, 0.25) is 0 Å². The van der Waals surface area contributed by atoms with Crippen molar-refractivity contribution in [2.45, 2.75) is 57.8 Å². The molecular formula is C16H24O4. The van der Waals surface area contributed by atoms with Gasteiger partial charge in [0.05, 0.1) is 18.6 Å². The monoisotopic (exact) mass is 280 g/mol. The maximum atomic E-state index is 11.3. The van der Waals surface area contributed by atoms with E-state index in [4.69, 9.17) is 4.74 Å². The predicted octanol–water partition coefficient (Wildman–Crippen LogP) is 1.96. The number of rotatable bonds is 5. The zero-order chi connectivity index (χ0) is 14.7. The van der Waals surface area contributed by atoms with Crippen molar-refractivity contribution >= 4 is 5.97 Å². The molecule has 0 amide bonds. The van der Waals surface area contributed by atoms with Crippen LogP contribution in [-0.2, 0) is 9.53 Å². The Hall–Kier alpha value is -1.13. The molecule has 0 aromatic rings. The highest BCUT2D eigenvalue weighted by atomic mass is 16.6. The third kappa shape index (κ3) is 3.70. The van der Waals surface area contributed by atoms with Gasteiger partial charge in [-0.25, -0.2) is 0 Å². The molecule has 112 valence electrons. The molecule has 1 saturated heterocycles. The lowest BCUT2D eigenvalue weighted by molar-refractivity contribution is -0.141. The summed E-state index contributed by atoms with van der Waals surface area (Å²) in [7, 11) is 0. The van der Waals surface area contributed by atoms with Crippen LogP contribution in [0, 0.1) is 11.8 Å². The first-order valence-corrected chi connectivity index (χ1v) is 7.34. The van der Waals surface area contributed by atoms with Gasteiger partial charge in [-0.2, -0.15) is 0 Å². The predicted molar refractivity (Wildman–Crippen MR) is 75.9 cm³/mol. The van der Waals surface area contributed by atoms with Crippen LogP contribution >= 0.6 is 0 Å². The SMILES string of the molecule is CC(C)=CCCC(O)/C=C/[C@@H]1[C@H]2CC(=O)O[C@H]2C[C@H]1O. The zero-order valence-corrected chi connectivity index (χ0v) is 12.2. The first-order valence-electron chi connectivity index (χ1n) is 7.34. The highest BCUT2D eigenvalue weighted by molar-refractivity contribution is 5.72. The van der Waals surface area contributed by atoms with E-state index in [-0.39, 0.29) is 23.9 Å². The van der Waals surface area contributed by atoms with Gasteiger partial charge in [-0.3, -0.25) is 4.79 Å². The molecule has 20 heavy (non-hydrogen) atoms. The maximum absolute atomic E-state index is 11.3. The van der Waals surface area contributed by atoms with E-state index in [0.29, 0.717) is 19.3 Å². The highest BCUT2D eigenvalue weighted by Gasteiger charge is 2.48. The summed E-state index contributed by atoms with van der Waals surface area (Å²) in [5.41, 5.74) is 1.25. The molecule has 2 aliphatic rings. The summed E-state index contributed by atoms with van der Waals surface area (Å²) < 4.78 is 5.18. The van der Waals surface area contributed by atoms with Crippen LogP contribution in [0.3, 0.4) is 0 Å². The van der Waals surface area contributed by atoms with Gasteiger partial charge < -0.3 is 14.9 Å². The second-order valence-electron chi connectivity index (χ2n) is 6.09. The Morgan fingerprint density at radius 2 is 2.25 bits per heavy atom. The van der Waals surface area contributed by atoms with Crippen LogP contribution in [0.15, 0.2) is 23.8 Å². The third-order valence-electron chi connectivity index (χ3n) is 4.15. The van der Waals surface area contributed by atoms with Crippen LogP contribution in [0.5, 0.6) is 0 Å². The molecule has 0 aromatic carbocycles. The standard InChI is InChI=1S/C16H24O4/c1-10(2)4-3-5-11(17)6-7-12-13-8-16(19)20-15(13)9-14(12)18/h4,6-7,11-15,17-18H,3,5,8-9H2,1-2H3/b7-6+/t11?,12-,13-,14-,15+/m1/s1. The van der Waals surface area contributed by atoms with Gasteiger partial charge in [-0.05, 0) is 26.7 Å². The summed E-state index contributed by atoms with van der Waals surface area (Å²) in [5.74, 6) is -0.183. The summed E-state index contributed by atoms with van der Waals surface area (Å²) >= 11 is 0. The van der Waals surface area contributed by atoms with Crippen molar-refractivity contribution in [3.8, 4) is 0 Å². The van der Waals surface area contributed by atoms with Crippen molar-refractivity contribution in [3.63, 3.8) is 0 Å². The minimum Gasteiger partial charge on any atom is -0.462 e. The normalized spacial score (nSPS) is 34.1. The quantitative estimate of drug-likeness (QED) is 0.597. The van der Waals surface area contributed by atoms with Gasteiger partial charge in [-0.15, -0.1) is 0 Å². The number of carbonyl (C=O) groups excluding carboxylic acids is 1. The highest BCUT2D eigenvalue weighted by Crippen LogP contribution is 2.42. The number of aliphatic hydroxyl groups excluding tert-OH is 2. The molecule has 1 aliphatic carbocycles. The molecule has 0 bridgehead atoms. The first kappa shape index (κ1) is 15.3. The Kier molecular flexibility index (Phi) is 5.00. The van der Waals surface area contributed by atoms with Gasteiger partial charge in [0.25, 0.3) is 0 Å². The molecular weight excluding hydrogens is 256 g/mol. The Labute approximate surface area is 120 Å². The molecule has 2 rings (SSSR count). The van der Waals surface area contributed by atoms with E-state index in [9.17, 15) is 15.0 Å². The summed E-state index contributed by atoms with van der Waals surface area (Å²) in [6.45, 7) is 4.07. The van der Waals surface area contributed by atoms with Crippen LogP contribution in [-0.4, -0.2) is 34.5 Å². The van der Waals surface area contributed by atoms with Crippen molar-refractivity contribution < 1.29 is 19.7 Å². The van der Waals surface area contributed by atoms with Gasteiger partial charge in [0, 0.05) is 18.3 Å². The van der Waals surface area contributed by atoms with Gasteiger partial charge >= 0.3 is 5.97 Å². The van der Waals surface area contributed by atoms with Crippen LogP contribution in [0.1, 0.15) is 39.5 Å². The first-order chi connectivity index (χ1) is 9.47. The molecule has 0 radical (unpaired) electrons. The minimum absolute atomic E-state index is 0.0683. The molecule has 0 spiro atoms. The van der Waals surface area contributed by atoms with Crippen LogP contribution in [0.4, 0.5) is 0 Å². The number of allylic oxidation sites excluding steroid dienone is 2. The lowest BCUT2D eigenvalue weighted by atomic mass is 9.91. The topological polar surface area (TPSA) is 66.8 Å². The number of ether oxygens (including phenoxy) is 1. The number of hydrogen-bond donors (Lipinski definition) is 2. The van der Waals surface area contributed by atoms with Crippen molar-refractivity contribution in [2.75, 3.05) is 0 Å². The van der Waals surface area contributed by atoms with Crippen molar-refractivity contribution in [3.05, 3.63) is 23.8 Å². The van der Waals surface area contributed by atoms with E-state index in [1.54, 1.807) is 6.08 Å². The summed E-state index contributed by atoms with van der Waals surface area (Å²) in [6.07, 6.45) is 7.00. The lowest BCUT2D eigenvalue weighted by Crippen LogP contribution is -2.18. The maximum Gasteiger partial charge on any atom is 0.306 e. The number of aliphatic hydroxyl groups is 2. The summed E-state index contributed by atoms with van der Waals surface area (Å²) in [5, 5.41) is 19.9. The number of esters is 1. The van der Waals surface area contributed by atoms with Crippen LogP contribution in [0.25, 0.3) is 0 Å². The molecule has 4 nitrogen and oxygen atoms in total. The molecule has 0 aromatic heterocycles. The van der Waals surface area contributed by atoms with Gasteiger partial charge in [0.15, 0.2) is 0 Å². The molecule has 2 N–H and O–H groups in total. The van der Waals surface area contributed by atoms with Crippen molar-refractivity contribution in [2.24, 2.45) is 11.8 Å². The molecule has 4 heteroatoms. The van der Waals surface area contributed by atoms with E-state index in [1.807, 2.05) is 19.9 Å². The fourth-order valence-corrected chi connectivity index (χ4v) is 3.08. The largest absolute Gasteiger partial charge is 0.462 e. The Morgan fingerprint density at radius 1 is 1.50 bits per heavy atom. The van der Waals surface area contributed by atoms with Gasteiger partial charge in [-0.1, -0.05) is 23.8 Å². The lowest BCUT2D eigenvalue weighted by Gasteiger charge is -2.15. The molecule has 1 unspecified atom stereocenters. The second-order valence-corrected chi connectivity index (χ2v) is 6.09. The van der Waals surface area contributed by atoms with E-state index in [2.05, 4.69) is 6.08 Å². The fraction of sp³-hybridized carbons (Fsp3) is 0.688. The Bertz CT molecular complexity index is 409. The smallest absolute Gasteiger partial charge is 0.306 e. The number of carbonyl (C=O) groups is 1. The molecule has 5 atom stereocenters. The average molecular weight is 280 g/mol. The summed E-state index contributed by atoms with van der Waals surface area (Å²) in [6, 6.07) is 0. The summed E-state index contributed by atoms with van der Waals surface area (Å²) in [4.78, 5) is 11.3. The molecule has 1 saturated carbocycles. The molecule has 2 fully saturated rings. The van der Waals surface area contributed by atoms with E-state index >= 15 is 0 Å².